The zero-order chi connectivity index (χ0) is 12.7. The van der Waals surface area contributed by atoms with Gasteiger partial charge >= 0.3 is 0 Å². The van der Waals surface area contributed by atoms with E-state index in [-0.39, 0.29) is 11.6 Å². The number of hydrogen-bond donors (Lipinski definition) is 2. The van der Waals surface area contributed by atoms with Crippen molar-refractivity contribution in [1.82, 2.24) is 10.2 Å². The van der Waals surface area contributed by atoms with Gasteiger partial charge in [0.25, 0.3) is 0 Å². The molecular weight excluding hydrogens is 231 g/mol. The van der Waals surface area contributed by atoms with Crippen LogP contribution < -0.4 is 5.32 Å². The van der Waals surface area contributed by atoms with Gasteiger partial charge in [-0.1, -0.05) is 0 Å². The van der Waals surface area contributed by atoms with E-state index in [1.54, 1.807) is 6.07 Å². The van der Waals surface area contributed by atoms with Gasteiger partial charge in [-0.25, -0.2) is 4.39 Å². The molecule has 0 aromatic heterocycles. The Balaban J connectivity index is 1.73. The predicted molar refractivity (Wildman–Crippen MR) is 67.8 cm³/mol. The van der Waals surface area contributed by atoms with E-state index in [0.717, 1.165) is 43.7 Å². The molecule has 3 unspecified atom stereocenters. The number of halogens is 1. The van der Waals surface area contributed by atoms with Gasteiger partial charge in [0.15, 0.2) is 0 Å². The van der Waals surface area contributed by atoms with Crippen LogP contribution in [0.25, 0.3) is 0 Å². The highest BCUT2D eigenvalue weighted by atomic mass is 19.1. The summed E-state index contributed by atoms with van der Waals surface area (Å²) in [6.07, 6.45) is 0. The van der Waals surface area contributed by atoms with E-state index in [9.17, 15) is 9.50 Å². The maximum absolute atomic E-state index is 13.2. The Labute approximate surface area is 107 Å². The Bertz CT molecular complexity index is 431. The summed E-state index contributed by atoms with van der Waals surface area (Å²) < 4.78 is 13.2. The van der Waals surface area contributed by atoms with Crippen molar-refractivity contribution in [2.45, 2.75) is 19.5 Å². The molecular formula is C14H19FN2O. The molecule has 3 nitrogen and oxygen atoms in total. The number of hydrogen-bond acceptors (Lipinski definition) is 3. The molecule has 3 atom stereocenters. The Morgan fingerprint density at radius 2 is 2.22 bits per heavy atom. The highest BCUT2D eigenvalue weighted by Gasteiger charge is 2.41. The molecule has 0 saturated carbocycles. The number of phenolic OH excluding ortho intramolecular Hbond substituents is 1. The first-order valence-electron chi connectivity index (χ1n) is 6.56. The SMILES string of the molecule is CC1C2CNCC2CN1Cc1cc(O)cc(F)c1. The molecule has 3 rings (SSSR count). The lowest BCUT2D eigenvalue weighted by Gasteiger charge is -2.24. The van der Waals surface area contributed by atoms with Crippen molar-refractivity contribution in [2.75, 3.05) is 19.6 Å². The van der Waals surface area contributed by atoms with Crippen molar-refractivity contribution in [3.63, 3.8) is 0 Å². The number of benzene rings is 1. The highest BCUT2D eigenvalue weighted by Crippen LogP contribution is 2.33. The third kappa shape index (κ3) is 2.10. The third-order valence-electron chi connectivity index (χ3n) is 4.38. The fraction of sp³-hybridized carbons (Fsp3) is 0.571. The van der Waals surface area contributed by atoms with Gasteiger partial charge in [-0.05, 0) is 49.5 Å². The second-order valence-electron chi connectivity index (χ2n) is 5.57. The Kier molecular flexibility index (Phi) is 2.99. The zero-order valence-corrected chi connectivity index (χ0v) is 10.6. The summed E-state index contributed by atoms with van der Waals surface area (Å²) >= 11 is 0. The Morgan fingerprint density at radius 1 is 1.39 bits per heavy atom. The second kappa shape index (κ2) is 4.52. The predicted octanol–water partition coefficient (Wildman–Crippen LogP) is 1.57. The second-order valence-corrected chi connectivity index (χ2v) is 5.57. The van der Waals surface area contributed by atoms with Crippen molar-refractivity contribution in [3.05, 3.63) is 29.6 Å². The van der Waals surface area contributed by atoms with Crippen LogP contribution in [0.15, 0.2) is 18.2 Å². The van der Waals surface area contributed by atoms with Crippen molar-refractivity contribution in [3.8, 4) is 5.75 Å². The number of aromatic hydroxyl groups is 1. The van der Waals surface area contributed by atoms with Gasteiger partial charge in [0.1, 0.15) is 11.6 Å². The van der Waals surface area contributed by atoms with Crippen LogP contribution >= 0.6 is 0 Å². The fourth-order valence-corrected chi connectivity index (χ4v) is 3.42. The molecule has 0 aliphatic carbocycles. The van der Waals surface area contributed by atoms with Crippen molar-refractivity contribution in [2.24, 2.45) is 11.8 Å². The first-order chi connectivity index (χ1) is 8.63. The monoisotopic (exact) mass is 250 g/mol. The normalized spacial score (nSPS) is 31.8. The van der Waals surface area contributed by atoms with Crippen LogP contribution in [0.1, 0.15) is 12.5 Å². The average Bonchev–Trinajstić information content (AvgIpc) is 2.83. The van der Waals surface area contributed by atoms with Crippen LogP contribution in [0, 0.1) is 17.7 Å². The van der Waals surface area contributed by atoms with E-state index < -0.39 is 0 Å². The van der Waals surface area contributed by atoms with Gasteiger partial charge in [-0.3, -0.25) is 4.90 Å². The first kappa shape index (κ1) is 11.9. The van der Waals surface area contributed by atoms with Gasteiger partial charge in [0.05, 0.1) is 0 Å². The molecule has 0 spiro atoms. The minimum absolute atomic E-state index is 0.0127. The Morgan fingerprint density at radius 3 is 2.94 bits per heavy atom. The lowest BCUT2D eigenvalue weighted by atomic mass is 9.95. The maximum Gasteiger partial charge on any atom is 0.127 e. The largest absolute Gasteiger partial charge is 0.508 e. The average molecular weight is 250 g/mol. The minimum atomic E-state index is -0.362. The molecule has 1 aromatic carbocycles. The molecule has 4 heteroatoms. The van der Waals surface area contributed by atoms with Crippen LogP contribution in [-0.4, -0.2) is 35.7 Å². The zero-order valence-electron chi connectivity index (χ0n) is 10.6. The summed E-state index contributed by atoms with van der Waals surface area (Å²) in [5.41, 5.74) is 0.854. The molecule has 0 amide bonds. The topological polar surface area (TPSA) is 35.5 Å². The lowest BCUT2D eigenvalue weighted by Crippen LogP contribution is -2.32. The molecule has 0 bridgehead atoms. The smallest absolute Gasteiger partial charge is 0.127 e. The number of nitrogens with one attached hydrogen (secondary N) is 1. The van der Waals surface area contributed by atoms with Gasteiger partial charge in [0, 0.05) is 25.2 Å². The summed E-state index contributed by atoms with van der Waals surface area (Å²) in [6.45, 7) is 6.23. The fourth-order valence-electron chi connectivity index (χ4n) is 3.42. The van der Waals surface area contributed by atoms with Crippen LogP contribution in [-0.2, 0) is 6.54 Å². The van der Waals surface area contributed by atoms with Gasteiger partial charge < -0.3 is 10.4 Å². The number of fused-ring (bicyclic) bond motifs is 1. The summed E-state index contributed by atoms with van der Waals surface area (Å²) in [4.78, 5) is 2.39. The lowest BCUT2D eigenvalue weighted by molar-refractivity contribution is 0.231. The van der Waals surface area contributed by atoms with Gasteiger partial charge in [-0.15, -0.1) is 0 Å². The number of rotatable bonds is 2. The quantitative estimate of drug-likeness (QED) is 0.836. The summed E-state index contributed by atoms with van der Waals surface area (Å²) in [5, 5.41) is 12.9. The van der Waals surface area contributed by atoms with Crippen LogP contribution in [0.3, 0.4) is 0 Å². The van der Waals surface area contributed by atoms with Crippen molar-refractivity contribution >= 4 is 0 Å². The summed E-state index contributed by atoms with van der Waals surface area (Å²) in [5.74, 6) is 1.09. The molecule has 1 aromatic rings. The summed E-state index contributed by atoms with van der Waals surface area (Å²) in [6, 6.07) is 4.84. The van der Waals surface area contributed by atoms with Gasteiger partial charge in [-0.2, -0.15) is 0 Å². The Hall–Kier alpha value is -1.13. The van der Waals surface area contributed by atoms with Crippen molar-refractivity contribution in [1.29, 1.82) is 0 Å². The van der Waals surface area contributed by atoms with Gasteiger partial charge in [0.2, 0.25) is 0 Å². The van der Waals surface area contributed by atoms with E-state index in [4.69, 9.17) is 0 Å². The molecule has 2 saturated heterocycles. The van der Waals surface area contributed by atoms with Crippen LogP contribution in [0.5, 0.6) is 5.75 Å². The molecule has 2 heterocycles. The van der Waals surface area contributed by atoms with E-state index in [1.165, 1.54) is 6.07 Å². The molecule has 18 heavy (non-hydrogen) atoms. The molecule has 0 radical (unpaired) electrons. The number of phenols is 1. The first-order valence-corrected chi connectivity index (χ1v) is 6.56. The molecule has 98 valence electrons. The third-order valence-corrected chi connectivity index (χ3v) is 4.38. The standard InChI is InChI=1S/C14H19FN2O/c1-9-14-6-16-5-11(14)8-17(9)7-10-2-12(15)4-13(18)3-10/h2-4,9,11,14,16,18H,5-8H2,1H3. The van der Waals surface area contributed by atoms with Crippen LogP contribution in [0.2, 0.25) is 0 Å². The highest BCUT2D eigenvalue weighted by molar-refractivity contribution is 5.28. The van der Waals surface area contributed by atoms with E-state index in [1.807, 2.05) is 0 Å². The van der Waals surface area contributed by atoms with E-state index >= 15 is 0 Å². The molecule has 2 N–H and O–H groups in total. The number of likely N-dealkylation sites (tertiary alicyclic amines) is 1. The molecule has 2 aliphatic heterocycles. The number of nitrogens with zero attached hydrogens (tertiary/aromatic N) is 1. The van der Waals surface area contributed by atoms with E-state index in [0.29, 0.717) is 12.0 Å². The van der Waals surface area contributed by atoms with Crippen LogP contribution in [0.4, 0.5) is 4.39 Å². The maximum atomic E-state index is 13.2. The van der Waals surface area contributed by atoms with E-state index in [2.05, 4.69) is 17.1 Å². The van der Waals surface area contributed by atoms with Crippen molar-refractivity contribution < 1.29 is 9.50 Å². The molecule has 2 aliphatic rings. The summed E-state index contributed by atoms with van der Waals surface area (Å²) in [7, 11) is 0. The minimum Gasteiger partial charge on any atom is -0.508 e. The molecule has 2 fully saturated rings.